The van der Waals surface area contributed by atoms with E-state index >= 15 is 0 Å². The van der Waals surface area contributed by atoms with Crippen LogP contribution in [0.2, 0.25) is 0 Å². The van der Waals surface area contributed by atoms with E-state index in [1.807, 2.05) is 0 Å². The first kappa shape index (κ1) is 31.8. The Hall–Kier alpha value is -2.35. The molecule has 0 bridgehead atoms. The summed E-state index contributed by atoms with van der Waals surface area (Å²) in [5.74, 6) is -2.67. The molecule has 0 radical (unpaired) electrons. The number of carbonyl (C=O) groups excluding carboxylic acids is 1. The summed E-state index contributed by atoms with van der Waals surface area (Å²) in [5, 5.41) is 39.8. The van der Waals surface area contributed by atoms with Crippen LogP contribution >= 0.6 is 0 Å². The Morgan fingerprint density at radius 1 is 1.19 bits per heavy atom. The van der Waals surface area contributed by atoms with Gasteiger partial charge < -0.3 is 25.6 Å². The first-order valence-electron chi connectivity index (χ1n) is 7.66. The zero-order valence-electron chi connectivity index (χ0n) is 16.5. The Morgan fingerprint density at radius 2 is 1.75 bits per heavy atom. The van der Waals surface area contributed by atoms with Gasteiger partial charge in [-0.25, -0.2) is 8.42 Å². The average molecular weight is 514 g/mol. The Kier molecular flexibility index (Phi) is 13.2. The minimum absolute atomic E-state index is 0. The minimum atomic E-state index is -5.27. The van der Waals surface area contributed by atoms with Crippen LogP contribution in [0.5, 0.6) is 5.75 Å². The van der Waals surface area contributed by atoms with E-state index in [4.69, 9.17) is 0 Å². The number of benzene rings is 2. The zero-order chi connectivity index (χ0) is 21.8. The number of aromatic hydroxyl groups is 1. The molecule has 0 spiro atoms. The summed E-state index contributed by atoms with van der Waals surface area (Å²) in [5.41, 5.74) is -1.87. The van der Waals surface area contributed by atoms with Crippen LogP contribution in [-0.2, 0) is 32.3 Å². The van der Waals surface area contributed by atoms with Gasteiger partial charge in [0.1, 0.15) is 26.5 Å². The molecule has 13 nitrogen and oxygen atoms in total. The van der Waals surface area contributed by atoms with Gasteiger partial charge in [0.25, 0.3) is 11.6 Å². The van der Waals surface area contributed by atoms with Crippen LogP contribution in [0, 0.1) is 10.1 Å². The molecule has 0 fully saturated rings. The molecule has 2 aromatic carbocycles. The van der Waals surface area contributed by atoms with E-state index < -0.39 is 54.4 Å². The molecule has 166 valence electrons. The van der Waals surface area contributed by atoms with Crippen LogP contribution in [0.4, 0.5) is 17.1 Å². The predicted molar refractivity (Wildman–Crippen MR) is 101 cm³/mol. The number of nitro groups is 1. The maximum absolute atomic E-state index is 12.3. The van der Waals surface area contributed by atoms with Crippen LogP contribution in [0.25, 0.3) is 0 Å². The normalized spacial score (nSPS) is 11.3. The van der Waals surface area contributed by atoms with Crippen molar-refractivity contribution < 1.29 is 85.3 Å². The first-order chi connectivity index (χ1) is 13.5. The van der Waals surface area contributed by atoms with Crippen molar-refractivity contribution in [1.82, 2.24) is 0 Å². The smallest absolute Gasteiger partial charge is 0.744 e. The quantitative estimate of drug-likeness (QED) is 0.0813. The molecule has 2 aromatic rings. The molecule has 16 heteroatoms. The third kappa shape index (κ3) is 8.30. The number of allylic oxidation sites excluding steroid dienone is 1. The number of amides is 1. The summed E-state index contributed by atoms with van der Waals surface area (Å²) < 4.78 is 33.6. The first-order valence-corrected chi connectivity index (χ1v) is 9.07. The van der Waals surface area contributed by atoms with Crippen molar-refractivity contribution in [2.24, 2.45) is 10.2 Å². The molecule has 32 heavy (non-hydrogen) atoms. The number of hydrogen-bond acceptors (Lipinski definition) is 10. The molecular formula is C16H15CrN4NaO9S. The SMILES string of the molecule is C/C(O)=C(/N=N/c1cc([N+](=O)[O-])cc(S(=O)(=O)[O-])c1O)C(=O)Nc1ccccc1.O.[Cr].[Na+]. The fourth-order valence-corrected chi connectivity index (χ4v) is 2.66. The molecule has 0 atom stereocenters. The molecule has 0 saturated carbocycles. The number of phenolic OH excluding ortho intramolecular Hbond substituents is 1. The van der Waals surface area contributed by atoms with Crippen molar-refractivity contribution in [3.05, 3.63) is 64.0 Å². The number of phenols is 1. The number of azo groups is 1. The van der Waals surface area contributed by atoms with E-state index in [-0.39, 0.29) is 52.4 Å². The second-order valence-electron chi connectivity index (χ2n) is 5.48. The minimum Gasteiger partial charge on any atom is -0.744 e. The van der Waals surface area contributed by atoms with E-state index in [0.29, 0.717) is 17.8 Å². The molecule has 0 aliphatic carbocycles. The number of nitrogens with zero attached hydrogens (tertiary/aromatic N) is 3. The number of aliphatic hydroxyl groups excluding tert-OH is 1. The largest absolute Gasteiger partial charge is 1.00 e. The number of nitrogens with one attached hydrogen (secondary N) is 1. The fraction of sp³-hybridized carbons (Fsp3) is 0.0625. The Bertz CT molecular complexity index is 1140. The summed E-state index contributed by atoms with van der Waals surface area (Å²) in [4.78, 5) is 20.9. The number of anilines is 1. The maximum atomic E-state index is 12.3. The second-order valence-corrected chi connectivity index (χ2v) is 6.83. The molecule has 0 unspecified atom stereocenters. The van der Waals surface area contributed by atoms with Crippen molar-refractivity contribution in [3.63, 3.8) is 0 Å². The number of hydrogen-bond donors (Lipinski definition) is 3. The molecule has 1 amide bonds. The van der Waals surface area contributed by atoms with E-state index in [9.17, 15) is 38.1 Å². The Morgan fingerprint density at radius 3 is 2.22 bits per heavy atom. The van der Waals surface area contributed by atoms with E-state index in [0.717, 1.165) is 6.92 Å². The number of non-ortho nitro benzene ring substituents is 1. The number of aliphatic hydroxyl groups is 1. The van der Waals surface area contributed by atoms with E-state index in [2.05, 4.69) is 15.5 Å². The summed E-state index contributed by atoms with van der Waals surface area (Å²) in [6, 6.07) is 9.10. The molecule has 0 aliphatic heterocycles. The number of rotatable bonds is 6. The van der Waals surface area contributed by atoms with Crippen molar-refractivity contribution >= 4 is 33.1 Å². The Labute approximate surface area is 214 Å². The predicted octanol–water partition coefficient (Wildman–Crippen LogP) is -1.11. The third-order valence-electron chi connectivity index (χ3n) is 3.37. The van der Waals surface area contributed by atoms with Crippen LogP contribution in [-0.4, -0.2) is 39.5 Å². The van der Waals surface area contributed by atoms with Crippen molar-refractivity contribution in [2.45, 2.75) is 11.8 Å². The van der Waals surface area contributed by atoms with Crippen LogP contribution in [0.3, 0.4) is 0 Å². The van der Waals surface area contributed by atoms with Crippen molar-refractivity contribution in [2.75, 3.05) is 5.32 Å². The van der Waals surface area contributed by atoms with E-state index in [1.165, 1.54) is 0 Å². The summed E-state index contributed by atoms with van der Waals surface area (Å²) in [6.45, 7) is 1.11. The molecule has 0 aromatic heterocycles. The Balaban J connectivity index is 0. The van der Waals surface area contributed by atoms with E-state index in [1.54, 1.807) is 30.3 Å². The fourth-order valence-electron chi connectivity index (χ4n) is 2.05. The number of carbonyl (C=O) groups is 1. The molecule has 5 N–H and O–H groups in total. The number of nitro benzene ring substituents is 1. The van der Waals surface area contributed by atoms with Gasteiger partial charge >= 0.3 is 29.6 Å². The van der Waals surface area contributed by atoms with Gasteiger partial charge in [0.15, 0.2) is 11.4 Å². The summed E-state index contributed by atoms with van der Waals surface area (Å²) in [6.07, 6.45) is 0. The molecular weight excluding hydrogens is 499 g/mol. The average Bonchev–Trinajstić information content (AvgIpc) is 2.62. The zero-order valence-corrected chi connectivity index (χ0v) is 20.6. The van der Waals surface area contributed by atoms with Gasteiger partial charge in [-0.05, 0) is 19.1 Å². The second kappa shape index (κ2) is 13.3. The monoisotopic (exact) mass is 514 g/mol. The van der Waals surface area contributed by atoms with Gasteiger partial charge in [0, 0.05) is 35.2 Å². The molecule has 2 rings (SSSR count). The van der Waals surface area contributed by atoms with Gasteiger partial charge in [-0.3, -0.25) is 14.9 Å². The van der Waals surface area contributed by atoms with Gasteiger partial charge in [0.2, 0.25) is 0 Å². The standard InChI is InChI=1S/C16H14N4O8S.Cr.Na.H2O/c1-9(21)14(16(23)17-10-5-3-2-4-6-10)19-18-12-7-11(20(24)25)8-13(15(12)22)29(26,27)28;;;/h2-8,21-22H,1H3,(H,17,23)(H,26,27,28);;;1H2/q;;+1;/p-1/b14-9-,19-18+;;;. The van der Waals surface area contributed by atoms with Crippen molar-refractivity contribution in [3.8, 4) is 5.75 Å². The molecule has 0 saturated heterocycles. The van der Waals surface area contributed by atoms with Gasteiger partial charge in [-0.2, -0.15) is 0 Å². The maximum Gasteiger partial charge on any atom is 1.00 e. The van der Waals surface area contributed by atoms with Crippen LogP contribution < -0.4 is 34.9 Å². The van der Waals surface area contributed by atoms with Crippen LogP contribution in [0.15, 0.2) is 69.0 Å². The molecule has 0 aliphatic rings. The summed E-state index contributed by atoms with van der Waals surface area (Å²) >= 11 is 0. The van der Waals surface area contributed by atoms with Gasteiger partial charge in [-0.15, -0.1) is 10.2 Å². The molecule has 0 heterocycles. The van der Waals surface area contributed by atoms with Gasteiger partial charge in [0.05, 0.1) is 4.92 Å². The third-order valence-corrected chi connectivity index (χ3v) is 4.22. The van der Waals surface area contributed by atoms with Crippen LogP contribution in [0.1, 0.15) is 6.92 Å². The number of para-hydroxylation sites is 1. The van der Waals surface area contributed by atoms with Crippen molar-refractivity contribution in [1.29, 1.82) is 0 Å². The van der Waals surface area contributed by atoms with Gasteiger partial charge in [-0.1, -0.05) is 18.2 Å². The summed E-state index contributed by atoms with van der Waals surface area (Å²) in [7, 11) is -5.27. The topological polar surface area (TPSA) is 226 Å².